The maximum absolute atomic E-state index is 13.2. The van der Waals surface area contributed by atoms with Gasteiger partial charge >= 0.3 is 0 Å². The fraction of sp³-hybridized carbons (Fsp3) is 0.526. The highest BCUT2D eigenvalue weighted by Crippen LogP contribution is 2.18. The van der Waals surface area contributed by atoms with Gasteiger partial charge in [-0.15, -0.1) is 0 Å². The van der Waals surface area contributed by atoms with Gasteiger partial charge in [-0.3, -0.25) is 14.4 Å². The predicted octanol–water partition coefficient (Wildman–Crippen LogP) is 1.43. The topological polar surface area (TPSA) is 87.3 Å². The van der Waals surface area contributed by atoms with Crippen LogP contribution in [0.25, 0.3) is 0 Å². The summed E-state index contributed by atoms with van der Waals surface area (Å²) in [5.41, 5.74) is 0.173. The molecule has 148 valence electrons. The molecule has 1 aliphatic heterocycles. The Morgan fingerprint density at radius 2 is 1.93 bits per heavy atom. The normalized spacial score (nSPS) is 21.0. The molecule has 2 rings (SSSR count). The first-order valence-corrected chi connectivity index (χ1v) is 9.11. The molecule has 0 bridgehead atoms. The molecule has 0 radical (unpaired) electrons. The van der Waals surface area contributed by atoms with Crippen molar-refractivity contribution in [2.24, 2.45) is 5.92 Å². The van der Waals surface area contributed by atoms with E-state index in [9.17, 15) is 23.2 Å². The fourth-order valence-electron chi connectivity index (χ4n) is 3.13. The van der Waals surface area contributed by atoms with E-state index in [0.717, 1.165) is 31.0 Å². The molecule has 0 aliphatic carbocycles. The molecule has 0 saturated carbocycles. The number of hydrogen-bond donors (Lipinski definition) is 3. The molecular formula is C19H25F2N3O3. The Morgan fingerprint density at radius 1 is 1.26 bits per heavy atom. The van der Waals surface area contributed by atoms with Crippen LogP contribution in [0.4, 0.5) is 8.78 Å². The third-order valence-electron chi connectivity index (χ3n) is 4.69. The predicted molar refractivity (Wildman–Crippen MR) is 95.6 cm³/mol. The minimum absolute atomic E-state index is 0.173. The minimum atomic E-state index is -0.882. The first-order valence-electron chi connectivity index (χ1n) is 9.11. The summed E-state index contributed by atoms with van der Waals surface area (Å²) in [5, 5.41) is 7.93. The van der Waals surface area contributed by atoms with Crippen LogP contribution >= 0.6 is 0 Å². The molecule has 1 aliphatic rings. The van der Waals surface area contributed by atoms with Crippen LogP contribution in [0.2, 0.25) is 0 Å². The van der Waals surface area contributed by atoms with Crippen LogP contribution in [0.15, 0.2) is 18.2 Å². The lowest BCUT2D eigenvalue weighted by Gasteiger charge is -2.21. The van der Waals surface area contributed by atoms with Crippen molar-refractivity contribution in [1.82, 2.24) is 16.0 Å². The standard InChI is InChI=1S/C19H25F2N3O3/c1-3-12-4-5-22-19(27)16(8-12)24-18(26)11(2)23-17(25)9-13-6-14(20)10-15(21)7-13/h6-7,10-12,16H,3-5,8-9H2,1-2H3,(H,22,27)(H,23,25)(H,24,26)/t11-,12?,16?/m0/s1. The third kappa shape index (κ3) is 6.30. The van der Waals surface area contributed by atoms with Gasteiger partial charge in [0.25, 0.3) is 0 Å². The minimum Gasteiger partial charge on any atom is -0.354 e. The van der Waals surface area contributed by atoms with Crippen molar-refractivity contribution < 1.29 is 23.2 Å². The number of amides is 3. The quantitative estimate of drug-likeness (QED) is 0.697. The maximum Gasteiger partial charge on any atom is 0.242 e. The van der Waals surface area contributed by atoms with Crippen molar-refractivity contribution in [2.75, 3.05) is 6.54 Å². The highest BCUT2D eigenvalue weighted by atomic mass is 19.1. The lowest BCUT2D eigenvalue weighted by atomic mass is 9.95. The van der Waals surface area contributed by atoms with E-state index < -0.39 is 35.5 Å². The second kappa shape index (κ2) is 9.43. The second-order valence-electron chi connectivity index (χ2n) is 6.89. The molecule has 2 unspecified atom stereocenters. The summed E-state index contributed by atoms with van der Waals surface area (Å²) in [6, 6.07) is 1.33. The highest BCUT2D eigenvalue weighted by Gasteiger charge is 2.28. The summed E-state index contributed by atoms with van der Waals surface area (Å²) in [4.78, 5) is 36.5. The molecule has 3 atom stereocenters. The van der Waals surface area contributed by atoms with Crippen LogP contribution in [0.1, 0.15) is 38.7 Å². The van der Waals surface area contributed by atoms with Crippen LogP contribution in [0.5, 0.6) is 0 Å². The SMILES string of the molecule is CCC1CCNC(=O)C(NC(=O)[C@H](C)NC(=O)Cc2cc(F)cc(F)c2)C1. The van der Waals surface area contributed by atoms with Crippen molar-refractivity contribution in [2.45, 2.75) is 51.6 Å². The smallest absolute Gasteiger partial charge is 0.242 e. The van der Waals surface area contributed by atoms with Crippen molar-refractivity contribution in [3.05, 3.63) is 35.4 Å². The van der Waals surface area contributed by atoms with Crippen molar-refractivity contribution in [3.63, 3.8) is 0 Å². The molecule has 8 heteroatoms. The van der Waals surface area contributed by atoms with Crippen molar-refractivity contribution in [1.29, 1.82) is 0 Å². The fourth-order valence-corrected chi connectivity index (χ4v) is 3.13. The van der Waals surface area contributed by atoms with E-state index in [1.54, 1.807) is 0 Å². The van der Waals surface area contributed by atoms with Gasteiger partial charge < -0.3 is 16.0 Å². The number of benzene rings is 1. The Morgan fingerprint density at radius 3 is 2.56 bits per heavy atom. The molecule has 3 N–H and O–H groups in total. The average Bonchev–Trinajstić information content (AvgIpc) is 2.75. The van der Waals surface area contributed by atoms with Gasteiger partial charge in [-0.25, -0.2) is 8.78 Å². The van der Waals surface area contributed by atoms with Gasteiger partial charge in [0.2, 0.25) is 17.7 Å². The summed E-state index contributed by atoms with van der Waals surface area (Å²) in [6.07, 6.45) is 2.08. The maximum atomic E-state index is 13.2. The number of nitrogens with one attached hydrogen (secondary N) is 3. The van der Waals surface area contributed by atoms with Crippen molar-refractivity contribution in [3.8, 4) is 0 Å². The van der Waals surface area contributed by atoms with Gasteiger partial charge in [-0.2, -0.15) is 0 Å². The van der Waals surface area contributed by atoms with E-state index >= 15 is 0 Å². The van der Waals surface area contributed by atoms with Crippen molar-refractivity contribution >= 4 is 17.7 Å². The Kier molecular flexibility index (Phi) is 7.27. The summed E-state index contributed by atoms with van der Waals surface area (Å²) in [7, 11) is 0. The molecule has 6 nitrogen and oxygen atoms in total. The van der Waals surface area contributed by atoms with Gasteiger partial charge in [0.15, 0.2) is 0 Å². The number of rotatable bonds is 6. The average molecular weight is 381 g/mol. The molecule has 1 aromatic carbocycles. The number of carbonyl (C=O) groups excluding carboxylic acids is 3. The molecule has 1 aromatic rings. The van der Waals surface area contributed by atoms with Crippen LogP contribution in [-0.4, -0.2) is 36.3 Å². The highest BCUT2D eigenvalue weighted by molar-refractivity contribution is 5.92. The Bertz CT molecular complexity index is 691. The molecule has 0 aromatic heterocycles. The van der Waals surface area contributed by atoms with Crippen LogP contribution in [0.3, 0.4) is 0 Å². The summed E-state index contributed by atoms with van der Waals surface area (Å²) < 4.78 is 26.4. The number of hydrogen-bond acceptors (Lipinski definition) is 3. The Balaban J connectivity index is 1.90. The van der Waals surface area contributed by atoms with Gasteiger partial charge in [-0.1, -0.05) is 13.3 Å². The molecule has 27 heavy (non-hydrogen) atoms. The number of halogens is 2. The molecule has 1 fully saturated rings. The lowest BCUT2D eigenvalue weighted by molar-refractivity contribution is -0.131. The van der Waals surface area contributed by atoms with E-state index in [4.69, 9.17) is 0 Å². The van der Waals surface area contributed by atoms with Crippen LogP contribution in [-0.2, 0) is 20.8 Å². The second-order valence-corrected chi connectivity index (χ2v) is 6.89. The van der Waals surface area contributed by atoms with E-state index in [0.29, 0.717) is 18.9 Å². The molecule has 0 spiro atoms. The first-order chi connectivity index (χ1) is 12.8. The zero-order valence-electron chi connectivity index (χ0n) is 15.5. The van der Waals surface area contributed by atoms with E-state index in [1.807, 2.05) is 6.92 Å². The Hall–Kier alpha value is -2.51. The van der Waals surface area contributed by atoms with Gasteiger partial charge in [-0.05, 0) is 43.4 Å². The lowest BCUT2D eigenvalue weighted by Crippen LogP contribution is -2.52. The van der Waals surface area contributed by atoms with Gasteiger partial charge in [0.1, 0.15) is 23.7 Å². The zero-order valence-corrected chi connectivity index (χ0v) is 15.5. The Labute approximate surface area is 157 Å². The zero-order chi connectivity index (χ0) is 20.0. The summed E-state index contributed by atoms with van der Waals surface area (Å²) >= 11 is 0. The largest absolute Gasteiger partial charge is 0.354 e. The van der Waals surface area contributed by atoms with E-state index in [-0.39, 0.29) is 17.9 Å². The van der Waals surface area contributed by atoms with Crippen LogP contribution in [0, 0.1) is 17.6 Å². The summed E-state index contributed by atoms with van der Waals surface area (Å²) in [5.74, 6) is -2.46. The van der Waals surface area contributed by atoms with Gasteiger partial charge in [0, 0.05) is 12.6 Å². The number of carbonyl (C=O) groups is 3. The molecule has 1 heterocycles. The first kappa shape index (κ1) is 20.8. The van der Waals surface area contributed by atoms with Gasteiger partial charge in [0.05, 0.1) is 6.42 Å². The monoisotopic (exact) mass is 381 g/mol. The molecular weight excluding hydrogens is 356 g/mol. The molecule has 3 amide bonds. The molecule has 1 saturated heterocycles. The van der Waals surface area contributed by atoms with E-state index in [2.05, 4.69) is 16.0 Å². The van der Waals surface area contributed by atoms with Crippen LogP contribution < -0.4 is 16.0 Å². The van der Waals surface area contributed by atoms with E-state index in [1.165, 1.54) is 6.92 Å². The third-order valence-corrected chi connectivity index (χ3v) is 4.69. The summed E-state index contributed by atoms with van der Waals surface area (Å²) in [6.45, 7) is 4.11.